The van der Waals surface area contributed by atoms with E-state index in [-0.39, 0.29) is 11.9 Å². The van der Waals surface area contributed by atoms with E-state index in [4.69, 9.17) is 17.3 Å². The Kier molecular flexibility index (Phi) is 3.58. The third-order valence-corrected chi connectivity index (χ3v) is 5.12. The molecule has 1 aromatic heterocycles. The molecule has 2 heterocycles. The van der Waals surface area contributed by atoms with Crippen LogP contribution in [0.4, 0.5) is 5.69 Å². The number of hydrogen-bond acceptors (Lipinski definition) is 4. The SMILES string of the molecule is CN1CCC(NC(=O)c2sc3cccc(Cl)c3c2N)C1. The molecular weight excluding hydrogens is 294 g/mol. The average molecular weight is 310 g/mol. The normalized spacial score (nSPS) is 19.6. The molecule has 0 bridgehead atoms. The minimum absolute atomic E-state index is 0.0972. The number of carbonyl (C=O) groups excluding carboxylic acids is 1. The first-order valence-corrected chi connectivity index (χ1v) is 7.71. The van der Waals surface area contributed by atoms with Crippen molar-refractivity contribution in [3.8, 4) is 0 Å². The van der Waals surface area contributed by atoms with Crippen LogP contribution in [0.2, 0.25) is 5.02 Å². The number of benzene rings is 1. The number of amides is 1. The lowest BCUT2D eigenvalue weighted by molar-refractivity contribution is 0.0943. The van der Waals surface area contributed by atoms with Gasteiger partial charge in [-0.15, -0.1) is 11.3 Å². The van der Waals surface area contributed by atoms with Crippen molar-refractivity contribution in [2.75, 3.05) is 25.9 Å². The smallest absolute Gasteiger partial charge is 0.263 e. The second-order valence-electron chi connectivity index (χ2n) is 5.18. The molecule has 1 aliphatic heterocycles. The highest BCUT2D eigenvalue weighted by molar-refractivity contribution is 7.21. The average Bonchev–Trinajstić information content (AvgIpc) is 2.95. The van der Waals surface area contributed by atoms with Crippen molar-refractivity contribution in [1.29, 1.82) is 0 Å². The summed E-state index contributed by atoms with van der Waals surface area (Å²) in [7, 11) is 2.06. The van der Waals surface area contributed by atoms with Gasteiger partial charge in [0.2, 0.25) is 0 Å². The van der Waals surface area contributed by atoms with Crippen molar-refractivity contribution >= 4 is 44.6 Å². The molecule has 4 nitrogen and oxygen atoms in total. The monoisotopic (exact) mass is 309 g/mol. The highest BCUT2D eigenvalue weighted by atomic mass is 35.5. The Hall–Kier alpha value is -1.30. The highest BCUT2D eigenvalue weighted by Gasteiger charge is 2.24. The number of carbonyl (C=O) groups is 1. The maximum Gasteiger partial charge on any atom is 0.263 e. The van der Waals surface area contributed by atoms with E-state index in [0.717, 1.165) is 29.6 Å². The fraction of sp³-hybridized carbons (Fsp3) is 0.357. The van der Waals surface area contributed by atoms with E-state index in [0.29, 0.717) is 15.6 Å². The van der Waals surface area contributed by atoms with Crippen LogP contribution < -0.4 is 11.1 Å². The zero-order valence-electron chi connectivity index (χ0n) is 11.1. The van der Waals surface area contributed by atoms with Gasteiger partial charge in [-0.2, -0.15) is 0 Å². The predicted octanol–water partition coefficient (Wildman–Crippen LogP) is 2.57. The van der Waals surface area contributed by atoms with Crippen LogP contribution in [0.25, 0.3) is 10.1 Å². The van der Waals surface area contributed by atoms with E-state index < -0.39 is 0 Å². The van der Waals surface area contributed by atoms with Gasteiger partial charge in [0.15, 0.2) is 0 Å². The summed E-state index contributed by atoms with van der Waals surface area (Å²) in [5.74, 6) is -0.0972. The van der Waals surface area contributed by atoms with Gasteiger partial charge < -0.3 is 16.0 Å². The minimum Gasteiger partial charge on any atom is -0.397 e. The number of nitrogens with zero attached hydrogens (tertiary/aromatic N) is 1. The van der Waals surface area contributed by atoms with E-state index in [1.165, 1.54) is 11.3 Å². The molecule has 0 spiro atoms. The van der Waals surface area contributed by atoms with Gasteiger partial charge in [0.05, 0.1) is 10.7 Å². The molecule has 1 saturated heterocycles. The molecule has 106 valence electrons. The first-order chi connectivity index (χ1) is 9.56. The van der Waals surface area contributed by atoms with Gasteiger partial charge in [-0.3, -0.25) is 4.79 Å². The molecule has 0 radical (unpaired) electrons. The molecule has 0 aliphatic carbocycles. The standard InChI is InChI=1S/C14H16ClN3OS/c1-18-6-5-8(7-18)17-14(19)13-12(16)11-9(15)3-2-4-10(11)20-13/h2-4,8H,5-7,16H2,1H3,(H,17,19). The lowest BCUT2D eigenvalue weighted by atomic mass is 10.2. The molecule has 1 aromatic carbocycles. The summed E-state index contributed by atoms with van der Waals surface area (Å²) >= 11 is 7.55. The van der Waals surface area contributed by atoms with Crippen molar-refractivity contribution in [2.24, 2.45) is 0 Å². The molecule has 1 atom stereocenters. The van der Waals surface area contributed by atoms with Crippen LogP contribution in [0, 0.1) is 0 Å². The van der Waals surface area contributed by atoms with Crippen LogP contribution in [-0.2, 0) is 0 Å². The van der Waals surface area contributed by atoms with Crippen molar-refractivity contribution in [3.05, 3.63) is 28.1 Å². The van der Waals surface area contributed by atoms with Gasteiger partial charge in [-0.25, -0.2) is 0 Å². The third kappa shape index (κ3) is 2.37. The Morgan fingerprint density at radius 2 is 2.35 bits per heavy atom. The van der Waals surface area contributed by atoms with E-state index in [1.807, 2.05) is 12.1 Å². The summed E-state index contributed by atoms with van der Waals surface area (Å²) in [4.78, 5) is 15.1. The maximum atomic E-state index is 12.4. The quantitative estimate of drug-likeness (QED) is 0.896. The second-order valence-corrected chi connectivity index (χ2v) is 6.64. The molecular formula is C14H16ClN3OS. The largest absolute Gasteiger partial charge is 0.397 e. The third-order valence-electron chi connectivity index (χ3n) is 3.63. The van der Waals surface area contributed by atoms with E-state index in [1.54, 1.807) is 6.07 Å². The summed E-state index contributed by atoms with van der Waals surface area (Å²) < 4.78 is 0.948. The van der Waals surface area contributed by atoms with Crippen LogP contribution in [0.5, 0.6) is 0 Å². The van der Waals surface area contributed by atoms with Crippen LogP contribution in [0.1, 0.15) is 16.1 Å². The molecule has 0 saturated carbocycles. The molecule has 20 heavy (non-hydrogen) atoms. The fourth-order valence-electron chi connectivity index (χ4n) is 2.60. The van der Waals surface area contributed by atoms with Crippen LogP contribution in [0.15, 0.2) is 18.2 Å². The van der Waals surface area contributed by atoms with Crippen LogP contribution in [0.3, 0.4) is 0 Å². The number of nitrogens with one attached hydrogen (secondary N) is 1. The van der Waals surface area contributed by atoms with Crippen LogP contribution >= 0.6 is 22.9 Å². The molecule has 1 unspecified atom stereocenters. The van der Waals surface area contributed by atoms with E-state index >= 15 is 0 Å². The first kappa shape index (κ1) is 13.7. The molecule has 1 amide bonds. The van der Waals surface area contributed by atoms with E-state index in [9.17, 15) is 4.79 Å². The number of fused-ring (bicyclic) bond motifs is 1. The minimum atomic E-state index is -0.0972. The maximum absolute atomic E-state index is 12.4. The summed E-state index contributed by atoms with van der Waals surface area (Å²) in [6.07, 6.45) is 0.980. The Labute approximate surface area is 126 Å². The first-order valence-electron chi connectivity index (χ1n) is 6.52. The molecule has 3 N–H and O–H groups in total. The predicted molar refractivity (Wildman–Crippen MR) is 84.6 cm³/mol. The number of likely N-dealkylation sites (N-methyl/N-ethyl adjacent to an activating group) is 1. The zero-order valence-corrected chi connectivity index (χ0v) is 12.7. The molecule has 2 aromatic rings. The molecule has 1 fully saturated rings. The van der Waals surface area contributed by atoms with Crippen molar-refractivity contribution in [2.45, 2.75) is 12.5 Å². The topological polar surface area (TPSA) is 58.4 Å². The Morgan fingerprint density at radius 1 is 1.55 bits per heavy atom. The molecule has 6 heteroatoms. The number of anilines is 1. The zero-order chi connectivity index (χ0) is 14.3. The van der Waals surface area contributed by atoms with Crippen LogP contribution in [-0.4, -0.2) is 37.0 Å². The van der Waals surface area contributed by atoms with Crippen molar-refractivity contribution in [3.63, 3.8) is 0 Å². The summed E-state index contributed by atoms with van der Waals surface area (Å²) in [5, 5.41) is 4.43. The Balaban J connectivity index is 1.88. The van der Waals surface area contributed by atoms with Crippen molar-refractivity contribution in [1.82, 2.24) is 10.2 Å². The lowest BCUT2D eigenvalue weighted by Crippen LogP contribution is -2.36. The van der Waals surface area contributed by atoms with Gasteiger partial charge >= 0.3 is 0 Å². The number of halogens is 1. The highest BCUT2D eigenvalue weighted by Crippen LogP contribution is 2.37. The number of hydrogen-bond donors (Lipinski definition) is 2. The second kappa shape index (κ2) is 5.24. The van der Waals surface area contributed by atoms with Gasteiger partial charge in [-0.05, 0) is 32.1 Å². The number of rotatable bonds is 2. The Morgan fingerprint density at radius 3 is 3.00 bits per heavy atom. The molecule has 1 aliphatic rings. The summed E-state index contributed by atoms with van der Waals surface area (Å²) in [5.41, 5.74) is 6.58. The number of nitrogens with two attached hydrogens (primary N) is 1. The number of thiophene rings is 1. The van der Waals surface area contributed by atoms with Crippen molar-refractivity contribution < 1.29 is 4.79 Å². The number of nitrogen functional groups attached to an aromatic ring is 1. The van der Waals surface area contributed by atoms with E-state index in [2.05, 4.69) is 17.3 Å². The lowest BCUT2D eigenvalue weighted by Gasteiger charge is -2.12. The summed E-state index contributed by atoms with van der Waals surface area (Å²) in [6.45, 7) is 1.90. The van der Waals surface area contributed by atoms with Gasteiger partial charge in [-0.1, -0.05) is 17.7 Å². The van der Waals surface area contributed by atoms with Gasteiger partial charge in [0, 0.05) is 22.7 Å². The fourth-order valence-corrected chi connectivity index (χ4v) is 3.99. The molecule has 3 rings (SSSR count). The Bertz CT molecular complexity index is 670. The van der Waals surface area contributed by atoms with Gasteiger partial charge in [0.1, 0.15) is 4.88 Å². The number of likely N-dealkylation sites (tertiary alicyclic amines) is 1. The van der Waals surface area contributed by atoms with Gasteiger partial charge in [0.25, 0.3) is 5.91 Å². The summed E-state index contributed by atoms with van der Waals surface area (Å²) in [6, 6.07) is 5.80.